The fourth-order valence-corrected chi connectivity index (χ4v) is 5.55. The van der Waals surface area contributed by atoms with Crippen molar-refractivity contribution in [2.75, 3.05) is 13.2 Å². The number of benzene rings is 2. The lowest BCUT2D eigenvalue weighted by Gasteiger charge is -2.47. The first-order valence-electron chi connectivity index (χ1n) is 9.26. The quantitative estimate of drug-likeness (QED) is 0.708. The molecule has 0 aromatic heterocycles. The third-order valence-electron chi connectivity index (χ3n) is 5.47. The Hall–Kier alpha value is -1.98. The summed E-state index contributed by atoms with van der Waals surface area (Å²) < 4.78 is 20.5. The van der Waals surface area contributed by atoms with E-state index in [1.807, 2.05) is 36.4 Å². The smallest absolute Gasteiger partial charge is 0.169 e. The summed E-state index contributed by atoms with van der Waals surface area (Å²) in [6, 6.07) is 16.1. The van der Waals surface area contributed by atoms with Gasteiger partial charge in [0.1, 0.15) is 11.4 Å². The number of hydrogen-bond acceptors (Lipinski definition) is 4. The van der Waals surface area contributed by atoms with Crippen LogP contribution in [0.3, 0.4) is 0 Å². The summed E-state index contributed by atoms with van der Waals surface area (Å²) in [5, 5.41) is 1.01. The van der Waals surface area contributed by atoms with Crippen molar-refractivity contribution in [3.63, 3.8) is 0 Å². The Labute approximate surface area is 163 Å². The lowest BCUT2D eigenvalue weighted by atomic mass is 9.74. The number of thioether (sulfide) groups is 1. The predicted octanol–water partition coefficient (Wildman–Crippen LogP) is 4.86. The lowest BCUT2D eigenvalue weighted by Crippen LogP contribution is -2.50. The summed E-state index contributed by atoms with van der Waals surface area (Å²) in [7, 11) is 0. The maximum atomic E-state index is 14.7. The van der Waals surface area contributed by atoms with Crippen LogP contribution in [0.2, 0.25) is 0 Å². The van der Waals surface area contributed by atoms with Crippen molar-refractivity contribution in [1.29, 1.82) is 0 Å². The van der Waals surface area contributed by atoms with Gasteiger partial charge in [-0.05, 0) is 12.5 Å². The molecule has 0 N–H and O–H groups in total. The Morgan fingerprint density at radius 1 is 1.22 bits per heavy atom. The first-order chi connectivity index (χ1) is 13.1. The van der Waals surface area contributed by atoms with Crippen molar-refractivity contribution in [3.05, 3.63) is 71.5 Å². The zero-order valence-electron chi connectivity index (χ0n) is 15.2. The molecular weight excluding hydrogens is 361 g/mol. The van der Waals surface area contributed by atoms with E-state index in [9.17, 15) is 9.18 Å². The van der Waals surface area contributed by atoms with Gasteiger partial charge in [0, 0.05) is 28.9 Å². The van der Waals surface area contributed by atoms with Crippen LogP contribution in [0.4, 0.5) is 4.39 Å². The number of nitrogens with zero attached hydrogens (tertiary/aromatic N) is 1. The number of carbonyl (C=O) groups excluding carboxylic acids is 1. The van der Waals surface area contributed by atoms with Crippen LogP contribution in [-0.4, -0.2) is 29.3 Å². The fourth-order valence-electron chi connectivity index (χ4n) is 4.16. The topological polar surface area (TPSA) is 38.7 Å². The van der Waals surface area contributed by atoms with E-state index in [-0.39, 0.29) is 29.2 Å². The second-order valence-corrected chi connectivity index (χ2v) is 8.60. The van der Waals surface area contributed by atoms with Gasteiger partial charge in [-0.1, -0.05) is 55.5 Å². The van der Waals surface area contributed by atoms with Crippen molar-refractivity contribution in [2.45, 2.75) is 30.6 Å². The summed E-state index contributed by atoms with van der Waals surface area (Å²) in [5.74, 6) is -0.0405. The molecule has 0 unspecified atom stereocenters. The molecule has 4 rings (SSSR count). The molecule has 0 aliphatic carbocycles. The van der Waals surface area contributed by atoms with Crippen LogP contribution in [0.25, 0.3) is 0 Å². The van der Waals surface area contributed by atoms with Gasteiger partial charge in [-0.25, -0.2) is 4.39 Å². The molecule has 140 valence electrons. The molecule has 0 radical (unpaired) electrons. The standard InChI is InChI=1S/C22H22FNO2S/c1-15-17-11-12-26-14-22(17,18-9-5-6-10-19(18)23)24-21(27-15)13-20(25)16-7-3-2-4-8-16/h2-10,15,17H,11-14H2,1H3/t15-,17+,22+/m1/s1. The number of rotatable bonds is 4. The molecule has 0 bridgehead atoms. The summed E-state index contributed by atoms with van der Waals surface area (Å²) in [6.07, 6.45) is 1.08. The van der Waals surface area contributed by atoms with Gasteiger partial charge in [0.2, 0.25) is 0 Å². The number of hydrogen-bond donors (Lipinski definition) is 0. The Balaban J connectivity index is 1.73. The molecule has 0 amide bonds. The van der Waals surface area contributed by atoms with E-state index in [0.717, 1.165) is 11.5 Å². The molecule has 0 spiro atoms. The first-order valence-corrected chi connectivity index (χ1v) is 10.1. The minimum atomic E-state index is -0.749. The molecule has 2 aromatic carbocycles. The predicted molar refractivity (Wildman–Crippen MR) is 107 cm³/mol. The highest BCUT2D eigenvalue weighted by atomic mass is 32.2. The maximum absolute atomic E-state index is 14.7. The monoisotopic (exact) mass is 383 g/mol. The van der Waals surface area contributed by atoms with E-state index in [2.05, 4.69) is 6.92 Å². The second kappa shape index (κ2) is 7.56. The molecule has 2 aliphatic rings. The average molecular weight is 383 g/mol. The van der Waals surface area contributed by atoms with Gasteiger partial charge in [-0.2, -0.15) is 0 Å². The van der Waals surface area contributed by atoms with Crippen LogP contribution in [0, 0.1) is 11.7 Å². The van der Waals surface area contributed by atoms with Crippen molar-refractivity contribution < 1.29 is 13.9 Å². The van der Waals surface area contributed by atoms with Crippen LogP contribution in [0.1, 0.15) is 35.7 Å². The Kier molecular flexibility index (Phi) is 5.15. The van der Waals surface area contributed by atoms with Gasteiger partial charge in [0.05, 0.1) is 18.1 Å². The van der Waals surface area contributed by atoms with Gasteiger partial charge in [-0.3, -0.25) is 9.79 Å². The highest BCUT2D eigenvalue weighted by Gasteiger charge is 2.50. The van der Waals surface area contributed by atoms with E-state index in [0.29, 0.717) is 24.3 Å². The molecular formula is C22H22FNO2S. The van der Waals surface area contributed by atoms with E-state index in [4.69, 9.17) is 9.73 Å². The zero-order valence-corrected chi connectivity index (χ0v) is 16.0. The highest BCUT2D eigenvalue weighted by Crippen LogP contribution is 2.49. The van der Waals surface area contributed by atoms with Crippen molar-refractivity contribution >= 4 is 22.6 Å². The lowest BCUT2D eigenvalue weighted by molar-refractivity contribution is -0.00423. The van der Waals surface area contributed by atoms with Gasteiger partial charge in [0.25, 0.3) is 0 Å². The number of carbonyl (C=O) groups is 1. The summed E-state index contributed by atoms with van der Waals surface area (Å²) in [6.45, 7) is 3.17. The molecule has 27 heavy (non-hydrogen) atoms. The van der Waals surface area contributed by atoms with Crippen molar-refractivity contribution in [2.24, 2.45) is 10.9 Å². The minimum absolute atomic E-state index is 0.0351. The van der Waals surface area contributed by atoms with E-state index in [1.54, 1.807) is 23.9 Å². The molecule has 2 aromatic rings. The van der Waals surface area contributed by atoms with Crippen molar-refractivity contribution in [3.8, 4) is 0 Å². The SMILES string of the molecule is C[C@H]1SC(CC(=O)c2ccccc2)=N[C@@]2(c3ccccc3F)COCC[C@@H]12. The maximum Gasteiger partial charge on any atom is 0.169 e. The summed E-state index contributed by atoms with van der Waals surface area (Å²) in [4.78, 5) is 17.7. The van der Waals surface area contributed by atoms with Crippen LogP contribution in [0.5, 0.6) is 0 Å². The number of ether oxygens (including phenoxy) is 1. The first kappa shape index (κ1) is 18.4. The largest absolute Gasteiger partial charge is 0.379 e. The summed E-state index contributed by atoms with van der Waals surface area (Å²) >= 11 is 1.65. The fraction of sp³-hybridized carbons (Fsp3) is 0.364. The number of aliphatic imine (C=N–C) groups is 1. The van der Waals surface area contributed by atoms with Gasteiger partial charge in [-0.15, -0.1) is 11.8 Å². The molecule has 1 saturated heterocycles. The molecule has 2 aliphatic heterocycles. The van der Waals surface area contributed by atoms with Crippen LogP contribution in [-0.2, 0) is 10.3 Å². The van der Waals surface area contributed by atoms with Crippen LogP contribution >= 0.6 is 11.8 Å². The molecule has 1 fully saturated rings. The van der Waals surface area contributed by atoms with E-state index >= 15 is 0 Å². The van der Waals surface area contributed by atoms with Crippen LogP contribution < -0.4 is 0 Å². The molecule has 5 heteroatoms. The average Bonchev–Trinajstić information content (AvgIpc) is 2.69. The Morgan fingerprint density at radius 2 is 1.96 bits per heavy atom. The highest BCUT2D eigenvalue weighted by molar-refractivity contribution is 8.14. The third kappa shape index (κ3) is 3.46. The molecule has 3 atom stereocenters. The molecule has 0 saturated carbocycles. The van der Waals surface area contributed by atoms with E-state index < -0.39 is 5.54 Å². The summed E-state index contributed by atoms with van der Waals surface area (Å²) in [5.41, 5.74) is 0.502. The number of Topliss-reactive ketones (excluding diaryl/α,β-unsaturated/α-hetero) is 1. The minimum Gasteiger partial charge on any atom is -0.379 e. The van der Waals surface area contributed by atoms with Crippen molar-refractivity contribution in [1.82, 2.24) is 0 Å². The molecule has 2 heterocycles. The normalized spacial score (nSPS) is 27.6. The third-order valence-corrected chi connectivity index (χ3v) is 6.68. The number of ketones is 1. The Bertz CT molecular complexity index is 870. The zero-order chi connectivity index (χ0) is 18.9. The number of halogens is 1. The van der Waals surface area contributed by atoms with Gasteiger partial charge < -0.3 is 4.74 Å². The van der Waals surface area contributed by atoms with E-state index in [1.165, 1.54) is 6.07 Å². The molecule has 3 nitrogen and oxygen atoms in total. The number of fused-ring (bicyclic) bond motifs is 1. The van der Waals surface area contributed by atoms with Crippen LogP contribution in [0.15, 0.2) is 59.6 Å². The van der Waals surface area contributed by atoms with Gasteiger partial charge in [0.15, 0.2) is 5.78 Å². The van der Waals surface area contributed by atoms with Gasteiger partial charge >= 0.3 is 0 Å². The second-order valence-electron chi connectivity index (χ2n) is 7.15. The Morgan fingerprint density at radius 3 is 2.74 bits per heavy atom.